The lowest BCUT2D eigenvalue weighted by Gasteiger charge is -2.18. The smallest absolute Gasteiger partial charge is 0.357 e. The van der Waals surface area contributed by atoms with Gasteiger partial charge in [-0.1, -0.05) is 21.3 Å². The Bertz CT molecular complexity index is 757. The molecule has 0 aliphatic carbocycles. The van der Waals surface area contributed by atoms with Gasteiger partial charge in [0, 0.05) is 11.6 Å². The van der Waals surface area contributed by atoms with E-state index in [-0.39, 0.29) is 55.2 Å². The summed E-state index contributed by atoms with van der Waals surface area (Å²) in [4.78, 5) is 24.2. The van der Waals surface area contributed by atoms with E-state index in [1.807, 2.05) is 18.6 Å². The average Bonchev–Trinajstić information content (AvgIpc) is 2.43. The molecule has 0 fully saturated rings. The van der Waals surface area contributed by atoms with E-state index in [0.717, 1.165) is 0 Å². The van der Waals surface area contributed by atoms with E-state index in [0.29, 0.717) is 0 Å². The number of ether oxygens (including phenoxy) is 1. The lowest BCUT2D eigenvalue weighted by atomic mass is 9.97. The monoisotopic (exact) mass is 424 g/mol. The molecule has 0 atom stereocenters. The Morgan fingerprint density at radius 1 is 1.22 bits per heavy atom. The van der Waals surface area contributed by atoms with Gasteiger partial charge in [0.05, 0.1) is 17.6 Å². The molecule has 0 unspecified atom stereocenters. The standard InChI is InChI=1S/C16H24N2O6S.CH4.ClH/c1-10(2)17-9-13(19)11-6-7-14(24-15(20)16(3,4)5)12(8-11)18-25(21,22)23;;/h6-8,10,17-18H,9H2,1-5H3,(H,21,22,23);1H4;1H. The van der Waals surface area contributed by atoms with Gasteiger partial charge in [-0.15, -0.1) is 12.4 Å². The van der Waals surface area contributed by atoms with Crippen LogP contribution in [-0.2, 0) is 15.1 Å². The number of esters is 1. The number of ketones is 1. The van der Waals surface area contributed by atoms with E-state index in [4.69, 9.17) is 9.29 Å². The fraction of sp³-hybridized carbons (Fsp3) is 0.529. The van der Waals surface area contributed by atoms with Crippen molar-refractivity contribution in [2.75, 3.05) is 11.3 Å². The lowest BCUT2D eigenvalue weighted by Crippen LogP contribution is -2.29. The van der Waals surface area contributed by atoms with Gasteiger partial charge in [0.15, 0.2) is 11.5 Å². The van der Waals surface area contributed by atoms with Crippen molar-refractivity contribution in [1.29, 1.82) is 0 Å². The maximum Gasteiger partial charge on any atom is 0.357 e. The molecule has 0 spiro atoms. The molecule has 27 heavy (non-hydrogen) atoms. The second-order valence-electron chi connectivity index (χ2n) is 6.89. The molecule has 0 aromatic heterocycles. The van der Waals surface area contributed by atoms with Crippen molar-refractivity contribution in [2.45, 2.75) is 48.1 Å². The van der Waals surface area contributed by atoms with Crippen molar-refractivity contribution >= 4 is 40.2 Å². The van der Waals surface area contributed by atoms with Crippen LogP contribution in [0.3, 0.4) is 0 Å². The summed E-state index contributed by atoms with van der Waals surface area (Å²) in [6, 6.07) is 4.04. The Morgan fingerprint density at radius 2 is 1.78 bits per heavy atom. The van der Waals surface area contributed by atoms with E-state index >= 15 is 0 Å². The van der Waals surface area contributed by atoms with Gasteiger partial charge in [-0.05, 0) is 39.0 Å². The number of anilines is 1. The Balaban J connectivity index is 0. The summed E-state index contributed by atoms with van der Waals surface area (Å²) in [7, 11) is -4.61. The first-order valence-corrected chi connectivity index (χ1v) is 9.12. The molecule has 1 rings (SSSR count). The van der Waals surface area contributed by atoms with E-state index < -0.39 is 21.7 Å². The minimum absolute atomic E-state index is 0. The van der Waals surface area contributed by atoms with Crippen molar-refractivity contribution in [1.82, 2.24) is 5.32 Å². The van der Waals surface area contributed by atoms with E-state index in [1.165, 1.54) is 18.2 Å². The van der Waals surface area contributed by atoms with Crippen LogP contribution in [0, 0.1) is 5.41 Å². The summed E-state index contributed by atoms with van der Waals surface area (Å²) in [5, 5.41) is 2.96. The number of halogens is 1. The Kier molecular flexibility index (Phi) is 10.8. The highest BCUT2D eigenvalue weighted by Gasteiger charge is 2.25. The van der Waals surface area contributed by atoms with Gasteiger partial charge in [0.25, 0.3) is 0 Å². The van der Waals surface area contributed by atoms with Crippen molar-refractivity contribution in [3.63, 3.8) is 0 Å². The molecule has 0 saturated carbocycles. The van der Waals surface area contributed by atoms with Crippen molar-refractivity contribution in [3.8, 4) is 5.75 Å². The summed E-state index contributed by atoms with van der Waals surface area (Å²) in [5.74, 6) is -0.974. The Morgan fingerprint density at radius 3 is 2.22 bits per heavy atom. The highest BCUT2D eigenvalue weighted by molar-refractivity contribution is 7.87. The summed E-state index contributed by atoms with van der Waals surface area (Å²) < 4.78 is 38.3. The van der Waals surface area contributed by atoms with Crippen molar-refractivity contribution in [3.05, 3.63) is 23.8 Å². The molecule has 0 aliphatic heterocycles. The second-order valence-corrected chi connectivity index (χ2v) is 8.04. The molecule has 156 valence electrons. The number of nitrogens with one attached hydrogen (secondary N) is 2. The molecule has 10 heteroatoms. The number of carbonyl (C=O) groups is 2. The Labute approximate surface area is 167 Å². The first kappa shape index (κ1) is 27.5. The molecule has 8 nitrogen and oxygen atoms in total. The molecule has 0 amide bonds. The fourth-order valence-corrected chi connectivity index (χ4v) is 2.10. The molecule has 0 saturated heterocycles. The number of hydrogen-bond acceptors (Lipinski definition) is 6. The maximum absolute atomic E-state index is 12.1. The largest absolute Gasteiger partial charge is 0.424 e. The van der Waals surface area contributed by atoms with E-state index in [9.17, 15) is 18.0 Å². The van der Waals surface area contributed by atoms with Crippen LogP contribution >= 0.6 is 12.4 Å². The zero-order chi connectivity index (χ0) is 19.4. The SMILES string of the molecule is C.CC(C)NCC(=O)c1ccc(OC(=O)C(C)(C)C)c(NS(=O)(=O)O)c1.Cl. The molecule has 0 bridgehead atoms. The number of carbonyl (C=O) groups excluding carboxylic acids is 2. The van der Waals surface area contributed by atoms with Crippen LogP contribution < -0.4 is 14.8 Å². The number of hydrogen-bond donors (Lipinski definition) is 3. The van der Waals surface area contributed by atoms with Gasteiger partial charge in [0.2, 0.25) is 0 Å². The quantitative estimate of drug-likeness (QED) is 0.266. The van der Waals surface area contributed by atoms with E-state index in [1.54, 1.807) is 20.8 Å². The van der Waals surface area contributed by atoms with Crippen LogP contribution in [0.2, 0.25) is 0 Å². The third-order valence-corrected chi connectivity index (χ3v) is 3.50. The number of Topliss-reactive ketones (excluding diaryl/α,β-unsaturated/α-hetero) is 1. The molecule has 3 N–H and O–H groups in total. The maximum atomic E-state index is 12.1. The third-order valence-electron chi connectivity index (χ3n) is 3.03. The van der Waals surface area contributed by atoms with Gasteiger partial charge in [0.1, 0.15) is 0 Å². The molecular weight excluding hydrogens is 396 g/mol. The molecule has 1 aromatic carbocycles. The van der Waals surface area contributed by atoms with Crippen molar-refractivity contribution in [2.24, 2.45) is 5.41 Å². The van der Waals surface area contributed by atoms with Crippen LogP contribution in [0.1, 0.15) is 52.4 Å². The fourth-order valence-electron chi connectivity index (χ4n) is 1.66. The second kappa shape index (κ2) is 10.6. The molecule has 0 radical (unpaired) electrons. The Hall–Kier alpha value is -1.68. The molecular formula is C17H29ClN2O6S. The first-order valence-electron chi connectivity index (χ1n) is 7.68. The van der Waals surface area contributed by atoms with Gasteiger partial charge in [-0.3, -0.25) is 18.9 Å². The predicted octanol–water partition coefficient (Wildman–Crippen LogP) is 3.09. The van der Waals surface area contributed by atoms with Crippen LogP contribution in [-0.4, -0.2) is 37.3 Å². The first-order chi connectivity index (χ1) is 11.3. The summed E-state index contributed by atoms with van der Waals surface area (Å²) >= 11 is 0. The molecule has 1 aromatic rings. The highest BCUT2D eigenvalue weighted by Crippen LogP contribution is 2.29. The average molecular weight is 425 g/mol. The third kappa shape index (κ3) is 9.71. The van der Waals surface area contributed by atoms with E-state index in [2.05, 4.69) is 5.32 Å². The van der Waals surface area contributed by atoms with Crippen LogP contribution in [0.5, 0.6) is 5.75 Å². The minimum Gasteiger partial charge on any atom is -0.424 e. The minimum atomic E-state index is -4.61. The molecule has 0 aliphatic rings. The van der Waals surface area contributed by atoms with Crippen LogP contribution in [0.15, 0.2) is 18.2 Å². The summed E-state index contributed by atoms with van der Waals surface area (Å²) in [5.41, 5.74) is -0.809. The van der Waals surface area contributed by atoms with Gasteiger partial charge in [-0.25, -0.2) is 0 Å². The van der Waals surface area contributed by atoms with Crippen LogP contribution in [0.25, 0.3) is 0 Å². The number of rotatable bonds is 7. The van der Waals surface area contributed by atoms with Crippen LogP contribution in [0.4, 0.5) is 5.69 Å². The zero-order valence-corrected chi connectivity index (χ0v) is 17.0. The summed E-state index contributed by atoms with van der Waals surface area (Å²) in [6.45, 7) is 8.74. The van der Waals surface area contributed by atoms with Gasteiger partial charge in [-0.2, -0.15) is 8.42 Å². The summed E-state index contributed by atoms with van der Waals surface area (Å²) in [6.07, 6.45) is 0. The topological polar surface area (TPSA) is 122 Å². The molecule has 0 heterocycles. The normalized spacial score (nSPS) is 11.2. The van der Waals surface area contributed by atoms with Crippen molar-refractivity contribution < 1.29 is 27.3 Å². The van der Waals surface area contributed by atoms with Gasteiger partial charge >= 0.3 is 16.3 Å². The lowest BCUT2D eigenvalue weighted by molar-refractivity contribution is -0.142. The number of benzene rings is 1. The van der Waals surface area contributed by atoms with Gasteiger partial charge < -0.3 is 10.1 Å². The predicted molar refractivity (Wildman–Crippen MR) is 108 cm³/mol. The highest BCUT2D eigenvalue weighted by atomic mass is 35.5. The zero-order valence-electron chi connectivity index (χ0n) is 15.3.